The van der Waals surface area contributed by atoms with Gasteiger partial charge in [-0.25, -0.2) is 9.37 Å². The van der Waals surface area contributed by atoms with Crippen LogP contribution in [0.3, 0.4) is 0 Å². The Morgan fingerprint density at radius 3 is 2.53 bits per heavy atom. The minimum atomic E-state index is -0.420. The van der Waals surface area contributed by atoms with E-state index in [1.165, 1.54) is 6.07 Å². The van der Waals surface area contributed by atoms with Gasteiger partial charge in [0.15, 0.2) is 5.78 Å². The third kappa shape index (κ3) is 5.04. The fourth-order valence-corrected chi connectivity index (χ4v) is 4.11. The Labute approximate surface area is 197 Å². The van der Waals surface area contributed by atoms with E-state index in [1.807, 2.05) is 11.0 Å². The molecule has 1 fully saturated rings. The number of nitrogens with zero attached hydrogens (tertiary/aromatic N) is 4. The first-order valence-electron chi connectivity index (χ1n) is 11.2. The summed E-state index contributed by atoms with van der Waals surface area (Å²) in [5, 5.41) is 0. The lowest BCUT2D eigenvalue weighted by atomic mass is 10.0. The lowest BCUT2D eigenvalue weighted by Crippen LogP contribution is -2.49. The predicted octanol–water partition coefficient (Wildman–Crippen LogP) is 2.29. The van der Waals surface area contributed by atoms with Gasteiger partial charge in [-0.05, 0) is 30.3 Å². The number of hydrogen-bond acceptors (Lipinski definition) is 7. The van der Waals surface area contributed by atoms with Crippen LogP contribution in [0.15, 0.2) is 54.9 Å². The van der Waals surface area contributed by atoms with Crippen LogP contribution in [0.1, 0.15) is 22.5 Å². The van der Waals surface area contributed by atoms with E-state index in [2.05, 4.69) is 14.9 Å². The van der Waals surface area contributed by atoms with Crippen molar-refractivity contribution in [2.75, 3.05) is 43.4 Å². The molecule has 34 heavy (non-hydrogen) atoms. The van der Waals surface area contributed by atoms with Crippen LogP contribution >= 0.6 is 0 Å². The van der Waals surface area contributed by atoms with E-state index in [9.17, 15) is 14.0 Å². The molecule has 1 aliphatic heterocycles. The molecule has 1 saturated heterocycles. The van der Waals surface area contributed by atoms with Gasteiger partial charge in [-0.3, -0.25) is 14.6 Å². The van der Waals surface area contributed by atoms with Gasteiger partial charge < -0.3 is 21.3 Å². The fraction of sp³-hybridized carbons (Fsp3) is 0.280. The topological polar surface area (TPSA) is 118 Å². The summed E-state index contributed by atoms with van der Waals surface area (Å²) in [6.07, 6.45) is 3.74. The van der Waals surface area contributed by atoms with Crippen molar-refractivity contribution in [2.45, 2.75) is 12.8 Å². The zero-order chi connectivity index (χ0) is 24.1. The Kier molecular flexibility index (Phi) is 7.12. The second-order valence-corrected chi connectivity index (χ2v) is 8.13. The molecule has 0 atom stereocenters. The summed E-state index contributed by atoms with van der Waals surface area (Å²) in [5.41, 5.74) is 14.2. The molecule has 1 amide bonds. The number of hydrogen-bond donors (Lipinski definition) is 2. The molecule has 4 rings (SSSR count). The quantitative estimate of drug-likeness (QED) is 0.517. The molecule has 1 aliphatic rings. The molecule has 0 bridgehead atoms. The van der Waals surface area contributed by atoms with Crippen LogP contribution in [0.4, 0.5) is 15.8 Å². The lowest BCUT2D eigenvalue weighted by molar-refractivity contribution is -0.131. The van der Waals surface area contributed by atoms with Gasteiger partial charge in [0.25, 0.3) is 0 Å². The number of piperazine rings is 1. The minimum Gasteiger partial charge on any atom is -0.397 e. The standard InChI is InChI=1S/C25H27FN6O2/c26-19-4-2-1-3-18(19)21-6-5-20(28)25(30-21)23(33)15-17-16-29-10-8-22(17)31-11-13-32(14-12-31)24(34)7-9-27/h1-6,8,10,16H,7,9,11-15,27-28H2. The second kappa shape index (κ2) is 10.4. The van der Waals surface area contributed by atoms with E-state index in [-0.39, 0.29) is 29.5 Å². The van der Waals surface area contributed by atoms with Gasteiger partial charge >= 0.3 is 0 Å². The predicted molar refractivity (Wildman–Crippen MR) is 129 cm³/mol. The molecule has 0 saturated carbocycles. The maximum absolute atomic E-state index is 14.2. The van der Waals surface area contributed by atoms with Gasteiger partial charge in [0.2, 0.25) is 5.91 Å². The zero-order valence-corrected chi connectivity index (χ0v) is 18.8. The number of anilines is 2. The molecule has 0 spiro atoms. The third-order valence-corrected chi connectivity index (χ3v) is 5.90. The van der Waals surface area contributed by atoms with Gasteiger partial charge in [0.1, 0.15) is 11.5 Å². The van der Waals surface area contributed by atoms with E-state index >= 15 is 0 Å². The highest BCUT2D eigenvalue weighted by atomic mass is 19.1. The Morgan fingerprint density at radius 1 is 1.03 bits per heavy atom. The molecule has 0 radical (unpaired) electrons. The first-order chi connectivity index (χ1) is 16.5. The molecule has 1 aromatic carbocycles. The van der Waals surface area contributed by atoms with Crippen LogP contribution in [-0.4, -0.2) is 59.3 Å². The summed E-state index contributed by atoms with van der Waals surface area (Å²) < 4.78 is 14.2. The Hall–Kier alpha value is -3.85. The van der Waals surface area contributed by atoms with E-state index in [1.54, 1.807) is 42.7 Å². The summed E-state index contributed by atoms with van der Waals surface area (Å²) in [5.74, 6) is -0.637. The SMILES string of the molecule is NCCC(=O)N1CCN(c2ccncc2CC(=O)c2nc(-c3ccccc3F)ccc2N)CC1. The van der Waals surface area contributed by atoms with Gasteiger partial charge in [-0.1, -0.05) is 12.1 Å². The molecule has 2 aromatic heterocycles. The number of benzene rings is 1. The number of nitrogen functional groups attached to an aromatic ring is 1. The average Bonchev–Trinajstić information content (AvgIpc) is 2.85. The minimum absolute atomic E-state index is 0.0490. The Balaban J connectivity index is 1.53. The van der Waals surface area contributed by atoms with Gasteiger partial charge in [0, 0.05) is 74.8 Å². The van der Waals surface area contributed by atoms with Crippen molar-refractivity contribution in [3.8, 4) is 11.3 Å². The number of nitrogens with two attached hydrogens (primary N) is 2. The number of halogens is 1. The second-order valence-electron chi connectivity index (χ2n) is 8.13. The molecule has 8 nitrogen and oxygen atoms in total. The highest BCUT2D eigenvalue weighted by Gasteiger charge is 2.24. The van der Waals surface area contributed by atoms with Crippen molar-refractivity contribution < 1.29 is 14.0 Å². The summed E-state index contributed by atoms with van der Waals surface area (Å²) >= 11 is 0. The Bertz CT molecular complexity index is 1190. The highest BCUT2D eigenvalue weighted by Crippen LogP contribution is 2.26. The maximum atomic E-state index is 14.2. The van der Waals surface area contributed by atoms with Gasteiger partial charge in [-0.2, -0.15) is 0 Å². The van der Waals surface area contributed by atoms with Crippen LogP contribution in [-0.2, 0) is 11.2 Å². The van der Waals surface area contributed by atoms with Crippen molar-refractivity contribution in [3.63, 3.8) is 0 Å². The van der Waals surface area contributed by atoms with E-state index < -0.39 is 5.82 Å². The zero-order valence-electron chi connectivity index (χ0n) is 18.8. The van der Waals surface area contributed by atoms with Crippen molar-refractivity contribution in [3.05, 3.63) is 71.9 Å². The molecule has 3 heterocycles. The molecule has 3 aromatic rings. The highest BCUT2D eigenvalue weighted by molar-refractivity contribution is 6.01. The summed E-state index contributed by atoms with van der Waals surface area (Å²) in [7, 11) is 0. The van der Waals surface area contributed by atoms with Crippen molar-refractivity contribution in [2.24, 2.45) is 5.73 Å². The van der Waals surface area contributed by atoms with Crippen molar-refractivity contribution in [1.29, 1.82) is 0 Å². The van der Waals surface area contributed by atoms with E-state index in [4.69, 9.17) is 11.5 Å². The number of rotatable bonds is 7. The normalized spacial score (nSPS) is 13.7. The molecule has 0 aliphatic carbocycles. The van der Waals surface area contributed by atoms with Crippen LogP contribution < -0.4 is 16.4 Å². The largest absolute Gasteiger partial charge is 0.397 e. The number of amides is 1. The maximum Gasteiger partial charge on any atom is 0.223 e. The smallest absolute Gasteiger partial charge is 0.223 e. The number of pyridine rings is 2. The summed E-state index contributed by atoms with van der Waals surface area (Å²) in [6, 6.07) is 11.3. The lowest BCUT2D eigenvalue weighted by Gasteiger charge is -2.37. The molecular weight excluding hydrogens is 435 g/mol. The number of carbonyl (C=O) groups excluding carboxylic acids is 2. The van der Waals surface area contributed by atoms with Crippen LogP contribution in [0.2, 0.25) is 0 Å². The first-order valence-corrected chi connectivity index (χ1v) is 11.2. The molecule has 176 valence electrons. The van der Waals surface area contributed by atoms with Crippen LogP contribution in [0.25, 0.3) is 11.3 Å². The average molecular weight is 463 g/mol. The number of carbonyl (C=O) groups is 2. The monoisotopic (exact) mass is 462 g/mol. The third-order valence-electron chi connectivity index (χ3n) is 5.90. The molecule has 0 unspecified atom stereocenters. The van der Waals surface area contributed by atoms with Crippen molar-refractivity contribution >= 4 is 23.1 Å². The number of ketones is 1. The van der Waals surface area contributed by atoms with E-state index in [0.29, 0.717) is 50.4 Å². The summed E-state index contributed by atoms with van der Waals surface area (Å²) in [6.45, 7) is 2.81. The number of Topliss-reactive ketones (excluding diaryl/α,β-unsaturated/α-hetero) is 1. The van der Waals surface area contributed by atoms with Gasteiger partial charge in [-0.15, -0.1) is 0 Å². The Morgan fingerprint density at radius 2 is 1.79 bits per heavy atom. The first kappa shape index (κ1) is 23.3. The molecule has 4 N–H and O–H groups in total. The number of aromatic nitrogens is 2. The van der Waals surface area contributed by atoms with Crippen molar-refractivity contribution in [1.82, 2.24) is 14.9 Å². The summed E-state index contributed by atoms with van der Waals surface area (Å²) in [4.78, 5) is 37.9. The molecular formula is C25H27FN6O2. The fourth-order valence-electron chi connectivity index (χ4n) is 4.11. The van der Waals surface area contributed by atoms with Gasteiger partial charge in [0.05, 0.1) is 11.4 Å². The molecule has 9 heteroatoms. The van der Waals surface area contributed by atoms with Crippen LogP contribution in [0.5, 0.6) is 0 Å². The van der Waals surface area contributed by atoms with E-state index in [0.717, 1.165) is 11.3 Å². The van der Waals surface area contributed by atoms with Crippen LogP contribution in [0, 0.1) is 5.82 Å².